The molecule has 3 aliphatic rings. The highest BCUT2D eigenvalue weighted by Gasteiger charge is 2.56. The lowest BCUT2D eigenvalue weighted by molar-refractivity contribution is -0.166. The normalized spacial score (nSPS) is 25.0. The van der Waals surface area contributed by atoms with Crippen LogP contribution in [0.4, 0.5) is 5.69 Å². The first-order valence-corrected chi connectivity index (χ1v) is 10.3. The van der Waals surface area contributed by atoms with Crippen LogP contribution in [0.2, 0.25) is 0 Å². The Labute approximate surface area is 171 Å². The van der Waals surface area contributed by atoms with E-state index in [1.54, 1.807) is 0 Å². The quantitative estimate of drug-likeness (QED) is 0.681. The van der Waals surface area contributed by atoms with E-state index in [4.69, 9.17) is 4.74 Å². The van der Waals surface area contributed by atoms with Gasteiger partial charge in [-0.2, -0.15) is 0 Å². The Morgan fingerprint density at radius 3 is 2.59 bits per heavy atom. The highest BCUT2D eigenvalue weighted by atomic mass is 16.6. The van der Waals surface area contributed by atoms with E-state index < -0.39 is 11.0 Å². The van der Waals surface area contributed by atoms with E-state index >= 15 is 0 Å². The molecule has 2 heterocycles. The number of hydrogen-bond acceptors (Lipinski definition) is 5. The number of nitrogens with zero attached hydrogens (tertiary/aromatic N) is 1. The molecule has 2 aromatic rings. The minimum absolute atomic E-state index is 0.0837. The van der Waals surface area contributed by atoms with E-state index in [0.29, 0.717) is 13.1 Å². The first kappa shape index (κ1) is 18.4. The van der Waals surface area contributed by atoms with Gasteiger partial charge in [-0.15, -0.1) is 0 Å². The van der Waals surface area contributed by atoms with Gasteiger partial charge in [0.1, 0.15) is 11.0 Å². The maximum atomic E-state index is 13.1. The Bertz CT molecular complexity index is 1020. The average Bonchev–Trinajstić information content (AvgIpc) is 3.31. The van der Waals surface area contributed by atoms with Crippen LogP contribution in [-0.4, -0.2) is 43.5 Å². The number of benzene rings is 2. The maximum absolute atomic E-state index is 13.1. The fraction of sp³-hybridized carbons (Fsp3) is 0.417. The zero-order valence-corrected chi connectivity index (χ0v) is 17.1. The van der Waals surface area contributed by atoms with Crippen molar-refractivity contribution in [3.05, 3.63) is 53.6 Å². The van der Waals surface area contributed by atoms with Gasteiger partial charge in [0.25, 0.3) is 0 Å². The van der Waals surface area contributed by atoms with Crippen molar-refractivity contribution in [2.75, 3.05) is 31.1 Å². The summed E-state index contributed by atoms with van der Waals surface area (Å²) >= 11 is 0. The number of fused-ring (bicyclic) bond motifs is 4. The molecule has 5 nitrogen and oxygen atoms in total. The maximum Gasteiger partial charge on any atom is 0.316 e. The van der Waals surface area contributed by atoms with Crippen molar-refractivity contribution in [3.8, 4) is 11.1 Å². The summed E-state index contributed by atoms with van der Waals surface area (Å²) in [5.41, 5.74) is 3.50. The molecule has 0 amide bonds. The Kier molecular flexibility index (Phi) is 3.91. The third-order valence-electron chi connectivity index (χ3n) is 6.41. The number of rotatable bonds is 2. The summed E-state index contributed by atoms with van der Waals surface area (Å²) in [5.74, 6) is 0.172. The molecule has 1 N–H and O–H groups in total. The SMILES string of the molecule is CC(C)(C)OC(=O)C12CNCC1CN(c1ccc3c(c1)C(=O)c1ccccc1-3)C2. The number of ketones is 1. The number of esters is 1. The zero-order valence-electron chi connectivity index (χ0n) is 17.1. The van der Waals surface area contributed by atoms with Crippen LogP contribution in [-0.2, 0) is 9.53 Å². The fourth-order valence-corrected chi connectivity index (χ4v) is 5.00. The van der Waals surface area contributed by atoms with Crippen molar-refractivity contribution in [3.63, 3.8) is 0 Å². The molecule has 0 spiro atoms. The second-order valence-corrected chi connectivity index (χ2v) is 9.47. The van der Waals surface area contributed by atoms with E-state index in [9.17, 15) is 9.59 Å². The summed E-state index contributed by atoms with van der Waals surface area (Å²) in [7, 11) is 0. The van der Waals surface area contributed by atoms with Crippen LogP contribution in [0.15, 0.2) is 42.5 Å². The molecule has 2 saturated heterocycles. The first-order valence-electron chi connectivity index (χ1n) is 10.3. The van der Waals surface area contributed by atoms with Crippen LogP contribution in [0.1, 0.15) is 36.7 Å². The summed E-state index contributed by atoms with van der Waals surface area (Å²) in [6.45, 7) is 8.58. The van der Waals surface area contributed by atoms with Crippen molar-refractivity contribution in [2.24, 2.45) is 11.3 Å². The van der Waals surface area contributed by atoms with Crippen molar-refractivity contribution in [1.29, 1.82) is 0 Å². The lowest BCUT2D eigenvalue weighted by Crippen LogP contribution is -2.44. The topological polar surface area (TPSA) is 58.6 Å². The third-order valence-corrected chi connectivity index (χ3v) is 6.41. The predicted molar refractivity (Wildman–Crippen MR) is 112 cm³/mol. The molecule has 5 heteroatoms. The van der Waals surface area contributed by atoms with Crippen LogP contribution < -0.4 is 10.2 Å². The van der Waals surface area contributed by atoms with Gasteiger partial charge in [0, 0.05) is 48.9 Å². The largest absolute Gasteiger partial charge is 0.459 e. The minimum atomic E-state index is -0.529. The monoisotopic (exact) mass is 390 g/mol. The van der Waals surface area contributed by atoms with E-state index in [0.717, 1.165) is 41.0 Å². The molecule has 0 bridgehead atoms. The smallest absolute Gasteiger partial charge is 0.316 e. The number of hydrogen-bond donors (Lipinski definition) is 1. The van der Waals surface area contributed by atoms with Crippen molar-refractivity contribution < 1.29 is 14.3 Å². The zero-order chi connectivity index (χ0) is 20.4. The summed E-state index contributed by atoms with van der Waals surface area (Å²) in [4.78, 5) is 28.2. The number of nitrogens with one attached hydrogen (secondary N) is 1. The molecule has 29 heavy (non-hydrogen) atoms. The Balaban J connectivity index is 1.45. The van der Waals surface area contributed by atoms with Gasteiger partial charge < -0.3 is 15.0 Å². The highest BCUT2D eigenvalue weighted by Crippen LogP contribution is 2.44. The number of anilines is 1. The van der Waals surface area contributed by atoms with Crippen molar-refractivity contribution >= 4 is 17.4 Å². The minimum Gasteiger partial charge on any atom is -0.459 e. The summed E-state index contributed by atoms with van der Waals surface area (Å²) in [5, 5.41) is 3.38. The van der Waals surface area contributed by atoms with Crippen molar-refractivity contribution in [2.45, 2.75) is 26.4 Å². The van der Waals surface area contributed by atoms with Crippen LogP contribution in [0.5, 0.6) is 0 Å². The van der Waals surface area contributed by atoms with Gasteiger partial charge in [0.2, 0.25) is 0 Å². The fourth-order valence-electron chi connectivity index (χ4n) is 5.00. The lowest BCUT2D eigenvalue weighted by atomic mass is 9.81. The van der Waals surface area contributed by atoms with E-state index in [1.165, 1.54) is 0 Å². The summed E-state index contributed by atoms with van der Waals surface area (Å²) in [6.07, 6.45) is 0. The molecule has 1 aliphatic carbocycles. The third kappa shape index (κ3) is 2.79. The number of ether oxygens (including phenoxy) is 1. The van der Waals surface area contributed by atoms with Gasteiger partial charge in [0.05, 0.1) is 0 Å². The van der Waals surface area contributed by atoms with E-state index in [1.807, 2.05) is 57.2 Å². The molecule has 0 saturated carbocycles. The molecule has 0 aromatic heterocycles. The Hall–Kier alpha value is -2.66. The van der Waals surface area contributed by atoms with Gasteiger partial charge in [-0.25, -0.2) is 0 Å². The van der Waals surface area contributed by atoms with Crippen molar-refractivity contribution in [1.82, 2.24) is 5.32 Å². The van der Waals surface area contributed by atoms with Gasteiger partial charge in [0.15, 0.2) is 5.78 Å². The average molecular weight is 390 g/mol. The van der Waals surface area contributed by atoms with Crippen LogP contribution >= 0.6 is 0 Å². The second-order valence-electron chi connectivity index (χ2n) is 9.47. The predicted octanol–water partition coefficient (Wildman–Crippen LogP) is 3.27. The molecule has 2 aliphatic heterocycles. The van der Waals surface area contributed by atoms with Gasteiger partial charge in [-0.1, -0.05) is 30.3 Å². The van der Waals surface area contributed by atoms with Gasteiger partial charge in [-0.05, 0) is 44.0 Å². The number of carbonyl (C=O) groups excluding carboxylic acids is 2. The summed E-state index contributed by atoms with van der Waals surface area (Å²) in [6, 6.07) is 13.9. The molecule has 2 fully saturated rings. The molecule has 2 unspecified atom stereocenters. The standard InChI is InChI=1S/C24H26N2O3/c1-23(2,3)29-22(28)24-13-25-11-15(24)12-26(14-24)16-8-9-18-17-6-4-5-7-19(17)21(27)20(18)10-16/h4-10,15,25H,11-14H2,1-3H3. The molecular formula is C24H26N2O3. The van der Waals surface area contributed by atoms with Crippen LogP contribution in [0.25, 0.3) is 11.1 Å². The van der Waals surface area contributed by atoms with Gasteiger partial charge >= 0.3 is 5.97 Å². The Morgan fingerprint density at radius 2 is 1.83 bits per heavy atom. The molecule has 150 valence electrons. The first-order chi connectivity index (χ1) is 13.8. The molecule has 0 radical (unpaired) electrons. The molecule has 5 rings (SSSR count). The molecular weight excluding hydrogens is 364 g/mol. The highest BCUT2D eigenvalue weighted by molar-refractivity contribution is 6.22. The van der Waals surface area contributed by atoms with Crippen LogP contribution in [0, 0.1) is 11.3 Å². The second kappa shape index (κ2) is 6.17. The summed E-state index contributed by atoms with van der Waals surface area (Å²) < 4.78 is 5.78. The van der Waals surface area contributed by atoms with Crippen LogP contribution in [0.3, 0.4) is 0 Å². The number of carbonyl (C=O) groups is 2. The Morgan fingerprint density at radius 1 is 1.10 bits per heavy atom. The van der Waals surface area contributed by atoms with E-state index in [2.05, 4.69) is 16.3 Å². The van der Waals surface area contributed by atoms with Gasteiger partial charge in [-0.3, -0.25) is 9.59 Å². The molecule has 2 atom stereocenters. The molecule has 2 aromatic carbocycles. The lowest BCUT2D eigenvalue weighted by Gasteiger charge is -2.30. The van der Waals surface area contributed by atoms with E-state index in [-0.39, 0.29) is 17.7 Å².